The first kappa shape index (κ1) is 33.1. The summed E-state index contributed by atoms with van der Waals surface area (Å²) in [6.45, 7) is 10.2. The van der Waals surface area contributed by atoms with Crippen LogP contribution in [0.25, 0.3) is 21.8 Å². The number of halogens is 1. The molecular weight excluding hydrogens is 626 g/mol. The SMILES string of the molecule is CC(C)(C)Sc1c(CC(C)(C)C(=O)O)n(Cc2ccc(Cl)c(CO[N+](=O)[O-])c2)c2ccc(OCc3ccc4ccccc4n3)cc12. The maximum absolute atomic E-state index is 12.3. The highest BCUT2D eigenvalue weighted by atomic mass is 35.5. The highest BCUT2D eigenvalue weighted by Crippen LogP contribution is 2.44. The molecule has 0 amide bonds. The summed E-state index contributed by atoms with van der Waals surface area (Å²) in [6, 6.07) is 23.2. The summed E-state index contributed by atoms with van der Waals surface area (Å²) in [6.07, 6.45) is 0.275. The molecule has 0 radical (unpaired) electrons. The van der Waals surface area contributed by atoms with Crippen LogP contribution >= 0.6 is 23.4 Å². The number of fused-ring (bicyclic) bond motifs is 2. The standard InChI is InChI=1S/C35H36ClN3O6S/c1-34(2,3)46-32-27-17-26(44-21-25-12-11-23-8-6-7-9-29(23)37-25)13-15-30(27)38(31(32)18-35(4,5)33(40)41)19-22-10-14-28(36)24(16-22)20-45-39(42)43/h6-17H,18-21H2,1-5H3,(H,40,41). The van der Waals surface area contributed by atoms with Crippen LogP contribution in [0, 0.1) is 15.5 Å². The van der Waals surface area contributed by atoms with Crippen molar-refractivity contribution in [3.8, 4) is 5.75 Å². The minimum Gasteiger partial charge on any atom is -0.487 e. The number of hydrogen-bond acceptors (Lipinski definition) is 7. The van der Waals surface area contributed by atoms with Gasteiger partial charge in [-0.1, -0.05) is 68.8 Å². The molecule has 0 fully saturated rings. The average Bonchev–Trinajstić information content (AvgIpc) is 3.25. The normalized spacial score (nSPS) is 12.0. The fraction of sp³-hybridized carbons (Fsp3) is 0.314. The average molecular weight is 662 g/mol. The van der Waals surface area contributed by atoms with Crippen molar-refractivity contribution in [1.82, 2.24) is 9.55 Å². The third-order valence-corrected chi connectivity index (χ3v) is 9.15. The van der Waals surface area contributed by atoms with Crippen LogP contribution < -0.4 is 4.74 Å². The zero-order valence-electron chi connectivity index (χ0n) is 26.4. The zero-order valence-corrected chi connectivity index (χ0v) is 27.9. The molecule has 9 nitrogen and oxygen atoms in total. The molecule has 3 aromatic carbocycles. The number of carboxylic acid groups (broad SMARTS) is 1. The Morgan fingerprint density at radius 3 is 2.50 bits per heavy atom. The van der Waals surface area contributed by atoms with Gasteiger partial charge in [0.05, 0.1) is 16.6 Å². The van der Waals surface area contributed by atoms with Crippen molar-refractivity contribution < 1.29 is 24.6 Å². The van der Waals surface area contributed by atoms with Gasteiger partial charge in [0.1, 0.15) is 19.0 Å². The second-order valence-corrected chi connectivity index (χ2v) is 15.1. The van der Waals surface area contributed by atoms with Gasteiger partial charge in [0.15, 0.2) is 0 Å². The van der Waals surface area contributed by atoms with Gasteiger partial charge in [0, 0.05) is 49.6 Å². The lowest BCUT2D eigenvalue weighted by molar-refractivity contribution is -0.763. The monoisotopic (exact) mass is 661 g/mol. The number of ether oxygens (including phenoxy) is 1. The minimum absolute atomic E-state index is 0.180. The van der Waals surface area contributed by atoms with Crippen molar-refractivity contribution in [2.24, 2.45) is 5.41 Å². The molecule has 0 atom stereocenters. The van der Waals surface area contributed by atoms with Gasteiger partial charge in [-0.25, -0.2) is 4.98 Å². The van der Waals surface area contributed by atoms with Crippen LogP contribution in [-0.4, -0.2) is 30.5 Å². The number of benzene rings is 3. The molecule has 0 spiro atoms. The molecule has 46 heavy (non-hydrogen) atoms. The molecule has 0 aliphatic rings. The molecule has 0 aliphatic heterocycles. The molecule has 11 heteroatoms. The molecule has 2 aromatic heterocycles. The van der Waals surface area contributed by atoms with Crippen LogP contribution in [0.3, 0.4) is 0 Å². The second-order valence-electron chi connectivity index (χ2n) is 12.8. The molecule has 0 saturated carbocycles. The lowest BCUT2D eigenvalue weighted by Crippen LogP contribution is -2.28. The van der Waals surface area contributed by atoms with Crippen molar-refractivity contribution in [2.45, 2.75) is 70.4 Å². The van der Waals surface area contributed by atoms with E-state index in [-0.39, 0.29) is 24.4 Å². The third kappa shape index (κ3) is 7.74. The van der Waals surface area contributed by atoms with Crippen LogP contribution in [0.1, 0.15) is 57.1 Å². The van der Waals surface area contributed by atoms with E-state index in [0.29, 0.717) is 22.9 Å². The van der Waals surface area contributed by atoms with E-state index < -0.39 is 16.5 Å². The van der Waals surface area contributed by atoms with Crippen molar-refractivity contribution in [2.75, 3.05) is 0 Å². The van der Waals surface area contributed by atoms with Gasteiger partial charge in [0.25, 0.3) is 5.09 Å². The summed E-state index contributed by atoms with van der Waals surface area (Å²) in [5, 5.41) is 22.5. The molecule has 0 bridgehead atoms. The molecule has 2 heterocycles. The number of hydrogen-bond donors (Lipinski definition) is 1. The lowest BCUT2D eigenvalue weighted by Gasteiger charge is -2.24. The number of rotatable bonds is 12. The van der Waals surface area contributed by atoms with E-state index in [1.165, 1.54) is 0 Å². The Hall–Kier alpha value is -4.28. The maximum atomic E-state index is 12.3. The zero-order chi connectivity index (χ0) is 33.2. The summed E-state index contributed by atoms with van der Waals surface area (Å²) in [4.78, 5) is 33.5. The van der Waals surface area contributed by atoms with Crippen molar-refractivity contribution in [1.29, 1.82) is 0 Å². The first-order chi connectivity index (χ1) is 21.7. The first-order valence-electron chi connectivity index (χ1n) is 14.8. The predicted octanol–water partition coefficient (Wildman–Crippen LogP) is 8.72. The Morgan fingerprint density at radius 1 is 1.02 bits per heavy atom. The number of nitrogens with zero attached hydrogens (tertiary/aromatic N) is 3. The molecule has 0 aliphatic carbocycles. The van der Waals surface area contributed by atoms with Crippen LogP contribution in [0.4, 0.5) is 0 Å². The number of thioether (sulfide) groups is 1. The van der Waals surface area contributed by atoms with E-state index in [9.17, 15) is 20.0 Å². The number of aromatic nitrogens is 2. The highest BCUT2D eigenvalue weighted by molar-refractivity contribution is 8.00. The Labute approximate surface area is 276 Å². The van der Waals surface area contributed by atoms with Crippen LogP contribution in [0.5, 0.6) is 5.75 Å². The van der Waals surface area contributed by atoms with E-state index in [1.54, 1.807) is 37.7 Å². The van der Waals surface area contributed by atoms with Crippen molar-refractivity contribution >= 4 is 51.1 Å². The van der Waals surface area contributed by atoms with Gasteiger partial charge < -0.3 is 19.2 Å². The number of pyridine rings is 1. The molecule has 240 valence electrons. The van der Waals surface area contributed by atoms with E-state index in [0.717, 1.165) is 43.7 Å². The van der Waals surface area contributed by atoms with E-state index in [4.69, 9.17) is 21.3 Å². The van der Waals surface area contributed by atoms with Gasteiger partial charge >= 0.3 is 5.97 Å². The lowest BCUT2D eigenvalue weighted by atomic mass is 9.88. The van der Waals surface area contributed by atoms with Crippen LogP contribution in [0.2, 0.25) is 5.02 Å². The van der Waals surface area contributed by atoms with Gasteiger partial charge in [-0.15, -0.1) is 21.9 Å². The predicted molar refractivity (Wildman–Crippen MR) is 181 cm³/mol. The summed E-state index contributed by atoms with van der Waals surface area (Å²) in [5.74, 6) is -0.223. The number of aliphatic carboxylic acids is 1. The highest BCUT2D eigenvalue weighted by Gasteiger charge is 2.33. The quantitative estimate of drug-likeness (QED) is 0.0801. The Kier molecular flexibility index (Phi) is 9.51. The van der Waals surface area contributed by atoms with Crippen molar-refractivity contribution in [3.05, 3.63) is 110 Å². The van der Waals surface area contributed by atoms with Gasteiger partial charge in [-0.3, -0.25) is 4.79 Å². The molecular formula is C35H36ClN3O6S. The molecule has 1 N–H and O–H groups in total. The Bertz CT molecular complexity index is 1930. The van der Waals surface area contributed by atoms with Gasteiger partial charge in [0.2, 0.25) is 0 Å². The van der Waals surface area contributed by atoms with E-state index >= 15 is 0 Å². The van der Waals surface area contributed by atoms with Crippen LogP contribution in [-0.2, 0) is 35.8 Å². The summed E-state index contributed by atoms with van der Waals surface area (Å²) in [7, 11) is 0. The molecule has 5 rings (SSSR count). The fourth-order valence-electron chi connectivity index (χ4n) is 5.20. The van der Waals surface area contributed by atoms with E-state index in [1.807, 2.05) is 60.7 Å². The summed E-state index contributed by atoms with van der Waals surface area (Å²) in [5.41, 5.74) is 3.79. The van der Waals surface area contributed by atoms with Crippen molar-refractivity contribution in [3.63, 3.8) is 0 Å². The topological polar surface area (TPSA) is 117 Å². The maximum Gasteiger partial charge on any atom is 0.309 e. The fourth-order valence-corrected chi connectivity index (χ4v) is 6.56. The Balaban J connectivity index is 1.59. The van der Waals surface area contributed by atoms with Gasteiger partial charge in [-0.05, 0) is 61.4 Å². The first-order valence-corrected chi connectivity index (χ1v) is 16.0. The minimum atomic E-state index is -1.05. The molecule has 0 unspecified atom stereocenters. The summed E-state index contributed by atoms with van der Waals surface area (Å²) < 4.78 is 8.21. The second kappa shape index (κ2) is 13.2. The van der Waals surface area contributed by atoms with Crippen LogP contribution in [0.15, 0.2) is 77.7 Å². The van der Waals surface area contributed by atoms with Gasteiger partial charge in [-0.2, -0.15) is 0 Å². The Morgan fingerprint density at radius 2 is 1.78 bits per heavy atom. The number of carboxylic acids is 1. The largest absolute Gasteiger partial charge is 0.487 e. The number of carbonyl (C=O) groups is 1. The molecule has 5 aromatic rings. The van der Waals surface area contributed by atoms with E-state index in [2.05, 4.69) is 30.2 Å². The molecule has 0 saturated heterocycles. The number of para-hydroxylation sites is 1. The third-order valence-electron chi connectivity index (χ3n) is 7.51. The smallest absolute Gasteiger partial charge is 0.309 e. The summed E-state index contributed by atoms with van der Waals surface area (Å²) >= 11 is 8.02.